The van der Waals surface area contributed by atoms with Gasteiger partial charge in [0.1, 0.15) is 23.6 Å². The lowest BCUT2D eigenvalue weighted by Gasteiger charge is -2.44. The van der Waals surface area contributed by atoms with Gasteiger partial charge in [0.15, 0.2) is 0 Å². The Bertz CT molecular complexity index is 1320. The van der Waals surface area contributed by atoms with Gasteiger partial charge in [0.2, 0.25) is 0 Å². The van der Waals surface area contributed by atoms with E-state index in [4.69, 9.17) is 16.6 Å². The number of halogens is 2. The Labute approximate surface area is 203 Å². The number of fused-ring (bicyclic) bond motifs is 3. The van der Waals surface area contributed by atoms with Gasteiger partial charge in [-0.3, -0.25) is 0 Å². The summed E-state index contributed by atoms with van der Waals surface area (Å²) in [6, 6.07) is 18.7. The normalized spacial score (nSPS) is 17.8. The molecule has 2 aromatic heterocycles. The number of hydrogen-bond donors (Lipinski definition) is 1. The fourth-order valence-electron chi connectivity index (χ4n) is 5.23. The molecule has 1 unspecified atom stereocenters. The van der Waals surface area contributed by atoms with Crippen molar-refractivity contribution in [3.8, 4) is 22.6 Å². The molecule has 7 heteroatoms. The van der Waals surface area contributed by atoms with Crippen LogP contribution in [0.1, 0.15) is 25.0 Å². The number of piperidine rings is 1. The molecule has 1 fully saturated rings. The SMILES string of the molecule is Fc1cccc(-c2nc3c([nH]2)CCN(C2CCCCN2c2ccccn2)c2ccc(Cl)cc2-3)c1. The van der Waals surface area contributed by atoms with Gasteiger partial charge in [0.25, 0.3) is 0 Å². The maximum Gasteiger partial charge on any atom is 0.138 e. The van der Waals surface area contributed by atoms with Gasteiger partial charge in [0.05, 0.1) is 5.69 Å². The number of hydrogen-bond acceptors (Lipinski definition) is 4. The molecule has 0 bridgehead atoms. The number of imidazole rings is 1. The summed E-state index contributed by atoms with van der Waals surface area (Å²) in [4.78, 5) is 18.0. The molecule has 1 N–H and O–H groups in total. The van der Waals surface area contributed by atoms with Gasteiger partial charge in [0, 0.05) is 53.2 Å². The van der Waals surface area contributed by atoms with Crippen molar-refractivity contribution < 1.29 is 4.39 Å². The summed E-state index contributed by atoms with van der Waals surface area (Å²) in [5, 5.41) is 0.673. The number of pyridine rings is 1. The van der Waals surface area contributed by atoms with Crippen LogP contribution in [-0.4, -0.2) is 34.2 Å². The van der Waals surface area contributed by atoms with Crippen molar-refractivity contribution in [1.29, 1.82) is 0 Å². The smallest absolute Gasteiger partial charge is 0.138 e. The van der Waals surface area contributed by atoms with Crippen molar-refractivity contribution in [3.05, 3.63) is 83.4 Å². The van der Waals surface area contributed by atoms with Crippen molar-refractivity contribution in [2.75, 3.05) is 22.9 Å². The van der Waals surface area contributed by atoms with Gasteiger partial charge in [-0.25, -0.2) is 14.4 Å². The summed E-state index contributed by atoms with van der Waals surface area (Å²) in [6.45, 7) is 1.81. The molecule has 4 aromatic rings. The van der Waals surface area contributed by atoms with E-state index in [2.05, 4.69) is 31.9 Å². The molecule has 6 rings (SSSR count). The Morgan fingerprint density at radius 2 is 1.91 bits per heavy atom. The Morgan fingerprint density at radius 3 is 2.76 bits per heavy atom. The molecule has 2 aromatic carbocycles. The van der Waals surface area contributed by atoms with Crippen molar-refractivity contribution in [2.45, 2.75) is 31.8 Å². The number of nitrogens with zero attached hydrogens (tertiary/aromatic N) is 4. The van der Waals surface area contributed by atoms with Crippen LogP contribution >= 0.6 is 11.6 Å². The Balaban J connectivity index is 1.43. The van der Waals surface area contributed by atoms with E-state index in [9.17, 15) is 4.39 Å². The Kier molecular flexibility index (Phi) is 5.46. The van der Waals surface area contributed by atoms with Crippen LogP contribution in [0.4, 0.5) is 15.9 Å². The molecule has 1 saturated heterocycles. The van der Waals surface area contributed by atoms with Crippen LogP contribution in [0.3, 0.4) is 0 Å². The van der Waals surface area contributed by atoms with Crippen LogP contribution in [0, 0.1) is 5.82 Å². The van der Waals surface area contributed by atoms with Crippen LogP contribution in [0.2, 0.25) is 5.02 Å². The zero-order chi connectivity index (χ0) is 23.1. The zero-order valence-electron chi connectivity index (χ0n) is 18.7. The molecular formula is C27H25ClFN5. The number of aromatic amines is 1. The van der Waals surface area contributed by atoms with Crippen LogP contribution in [-0.2, 0) is 6.42 Å². The second-order valence-electron chi connectivity index (χ2n) is 8.89. The van der Waals surface area contributed by atoms with Crippen molar-refractivity contribution in [2.24, 2.45) is 0 Å². The second kappa shape index (κ2) is 8.76. The molecule has 4 heterocycles. The van der Waals surface area contributed by atoms with E-state index >= 15 is 0 Å². The van der Waals surface area contributed by atoms with Crippen LogP contribution in [0.15, 0.2) is 66.9 Å². The quantitative estimate of drug-likeness (QED) is 0.378. The summed E-state index contributed by atoms with van der Waals surface area (Å²) in [6.07, 6.45) is 6.27. The topological polar surface area (TPSA) is 48.1 Å². The highest BCUT2D eigenvalue weighted by atomic mass is 35.5. The first-order valence-corrected chi connectivity index (χ1v) is 12.1. The van der Waals surface area contributed by atoms with Crippen molar-refractivity contribution in [1.82, 2.24) is 15.0 Å². The fraction of sp³-hybridized carbons (Fsp3) is 0.259. The molecule has 34 heavy (non-hydrogen) atoms. The fourth-order valence-corrected chi connectivity index (χ4v) is 5.40. The summed E-state index contributed by atoms with van der Waals surface area (Å²) in [5.41, 5.74) is 4.80. The van der Waals surface area contributed by atoms with Crippen LogP contribution < -0.4 is 9.80 Å². The average molecular weight is 474 g/mol. The van der Waals surface area contributed by atoms with Crippen molar-refractivity contribution in [3.63, 3.8) is 0 Å². The minimum absolute atomic E-state index is 0.204. The molecule has 5 nitrogen and oxygen atoms in total. The van der Waals surface area contributed by atoms with Crippen LogP contribution in [0.25, 0.3) is 22.6 Å². The highest BCUT2D eigenvalue weighted by molar-refractivity contribution is 6.31. The molecule has 2 aliphatic heterocycles. The van der Waals surface area contributed by atoms with E-state index in [1.807, 2.05) is 36.5 Å². The van der Waals surface area contributed by atoms with E-state index in [1.54, 1.807) is 6.07 Å². The minimum Gasteiger partial charge on any atom is -0.350 e. The van der Waals surface area contributed by atoms with E-state index < -0.39 is 0 Å². The molecule has 1 atom stereocenters. The standard InChI is InChI=1S/C27H25ClFN5/c28-19-10-11-23-21(17-19)26-22(31-27(32-26)18-6-5-7-20(29)16-18)12-15-33(23)25-9-2-4-14-34(25)24-8-1-3-13-30-24/h1,3,5-8,10-11,13,16-17,25H,2,4,9,12,14-15H2,(H,31,32). The first-order chi connectivity index (χ1) is 16.7. The predicted octanol–water partition coefficient (Wildman–Crippen LogP) is 6.31. The number of nitrogens with one attached hydrogen (secondary N) is 1. The molecule has 0 aliphatic carbocycles. The predicted molar refractivity (Wildman–Crippen MR) is 135 cm³/mol. The van der Waals surface area contributed by atoms with Gasteiger partial charge in [-0.1, -0.05) is 29.8 Å². The largest absolute Gasteiger partial charge is 0.350 e. The maximum atomic E-state index is 13.9. The highest BCUT2D eigenvalue weighted by Crippen LogP contribution is 2.41. The number of H-pyrrole nitrogens is 1. The molecular weight excluding hydrogens is 449 g/mol. The maximum absolute atomic E-state index is 13.9. The molecule has 0 spiro atoms. The first-order valence-electron chi connectivity index (χ1n) is 11.8. The summed E-state index contributed by atoms with van der Waals surface area (Å²) >= 11 is 6.47. The van der Waals surface area contributed by atoms with E-state index in [-0.39, 0.29) is 12.0 Å². The second-order valence-corrected chi connectivity index (χ2v) is 9.32. The molecule has 0 amide bonds. The lowest BCUT2D eigenvalue weighted by atomic mass is 10.0. The summed E-state index contributed by atoms with van der Waals surface area (Å²) < 4.78 is 13.9. The average Bonchev–Trinajstić information content (AvgIpc) is 3.24. The number of anilines is 2. The lowest BCUT2D eigenvalue weighted by Crippen LogP contribution is -2.52. The monoisotopic (exact) mass is 473 g/mol. The van der Waals surface area contributed by atoms with Gasteiger partial charge < -0.3 is 14.8 Å². The molecule has 0 radical (unpaired) electrons. The minimum atomic E-state index is -0.273. The first kappa shape index (κ1) is 21.2. The third-order valence-corrected chi connectivity index (χ3v) is 7.01. The van der Waals surface area contributed by atoms with E-state index in [0.717, 1.165) is 66.4 Å². The molecule has 2 aliphatic rings. The van der Waals surface area contributed by atoms with E-state index in [0.29, 0.717) is 10.8 Å². The van der Waals surface area contributed by atoms with Crippen LogP contribution in [0.5, 0.6) is 0 Å². The number of benzene rings is 2. The Hall–Kier alpha value is -3.38. The van der Waals surface area contributed by atoms with Gasteiger partial charge in [-0.15, -0.1) is 0 Å². The third kappa shape index (κ3) is 3.82. The molecule has 172 valence electrons. The van der Waals surface area contributed by atoms with Gasteiger partial charge >= 0.3 is 0 Å². The van der Waals surface area contributed by atoms with Gasteiger partial charge in [-0.2, -0.15) is 0 Å². The van der Waals surface area contributed by atoms with E-state index in [1.165, 1.54) is 18.6 Å². The Morgan fingerprint density at radius 1 is 0.971 bits per heavy atom. The molecule has 0 saturated carbocycles. The zero-order valence-corrected chi connectivity index (χ0v) is 19.5. The third-order valence-electron chi connectivity index (χ3n) is 6.78. The van der Waals surface area contributed by atoms with Gasteiger partial charge in [-0.05, 0) is 61.7 Å². The van der Waals surface area contributed by atoms with Crippen molar-refractivity contribution >= 4 is 23.1 Å². The summed E-state index contributed by atoms with van der Waals surface area (Å²) in [5.74, 6) is 1.42. The summed E-state index contributed by atoms with van der Waals surface area (Å²) in [7, 11) is 0. The lowest BCUT2D eigenvalue weighted by molar-refractivity contribution is 0.437. The number of aromatic nitrogens is 3. The highest BCUT2D eigenvalue weighted by Gasteiger charge is 2.33. The number of rotatable bonds is 3.